The van der Waals surface area contributed by atoms with E-state index in [2.05, 4.69) is 9.88 Å². The molecule has 0 aromatic carbocycles. The summed E-state index contributed by atoms with van der Waals surface area (Å²) in [6.45, 7) is 3.84. The van der Waals surface area contributed by atoms with E-state index in [1.54, 1.807) is 6.07 Å². The fraction of sp³-hybridized carbons (Fsp3) is 0.500. The Morgan fingerprint density at radius 3 is 2.88 bits per heavy atom. The molecule has 1 aromatic heterocycles. The van der Waals surface area contributed by atoms with Crippen LogP contribution in [-0.4, -0.2) is 20.4 Å². The zero-order valence-electron chi connectivity index (χ0n) is 9.63. The number of hydrogen-bond donors (Lipinski definition) is 1. The second-order valence-electron chi connectivity index (χ2n) is 3.82. The molecule has 0 radical (unpaired) electrons. The van der Waals surface area contributed by atoms with Crippen LogP contribution in [0.1, 0.15) is 25.1 Å². The minimum absolute atomic E-state index is 0.0431. The largest absolute Gasteiger partial charge is 0.293 e. The van der Waals surface area contributed by atoms with E-state index < -0.39 is 10.0 Å². The number of hydrogen-bond acceptors (Lipinski definition) is 4. The predicted molar refractivity (Wildman–Crippen MR) is 66.6 cm³/mol. The van der Waals surface area contributed by atoms with Crippen molar-refractivity contribution >= 4 is 27.2 Å². The monoisotopic (exact) mass is 274 g/mol. The molecule has 0 amide bonds. The van der Waals surface area contributed by atoms with Crippen molar-refractivity contribution in [2.45, 2.75) is 37.0 Å². The maximum Gasteiger partial charge on any atom is 0.293 e. The first kappa shape index (κ1) is 12.5. The second-order valence-corrected chi connectivity index (χ2v) is 6.82. The Balaban J connectivity index is 2.25. The first-order valence-corrected chi connectivity index (χ1v) is 7.61. The zero-order valence-corrected chi connectivity index (χ0v) is 11.3. The number of sulfonamides is 1. The van der Waals surface area contributed by atoms with Crippen molar-refractivity contribution in [1.29, 1.82) is 0 Å². The van der Waals surface area contributed by atoms with Gasteiger partial charge in [0.05, 0.1) is 6.10 Å². The fourth-order valence-electron chi connectivity index (χ4n) is 1.46. The number of nitrogens with zero attached hydrogens (tertiary/aromatic N) is 1. The highest BCUT2D eigenvalue weighted by molar-refractivity contribution is 7.92. The molecule has 0 aliphatic carbocycles. The Bertz CT molecular complexity index is 534. The molecule has 17 heavy (non-hydrogen) atoms. The average molecular weight is 274 g/mol. The van der Waals surface area contributed by atoms with Gasteiger partial charge in [0.1, 0.15) is 10.0 Å². The molecule has 1 aliphatic rings. The molecule has 0 bridgehead atoms. The lowest BCUT2D eigenvalue weighted by molar-refractivity contribution is 0.0575. The van der Waals surface area contributed by atoms with Gasteiger partial charge in [0.15, 0.2) is 0 Å². The highest BCUT2D eigenvalue weighted by atomic mass is 32.2. The normalized spacial score (nSPS) is 22.9. The van der Waals surface area contributed by atoms with Crippen LogP contribution >= 0.6 is 11.3 Å². The lowest BCUT2D eigenvalue weighted by Gasteiger charge is -1.96. The number of thiophene rings is 1. The standard InChI is InChI=1S/C10H14N2O3S2/c1-3-8-4-5-10(16-8)17(13,14)12-9-6-7(2)15-11-9/h4-5,7H,3,6H2,1-2H3,(H,11,12)/t7-/m1/s1. The molecule has 0 saturated carbocycles. The summed E-state index contributed by atoms with van der Waals surface area (Å²) in [6.07, 6.45) is 1.28. The van der Waals surface area contributed by atoms with E-state index in [1.165, 1.54) is 11.3 Å². The first-order chi connectivity index (χ1) is 8.01. The molecular weight excluding hydrogens is 260 g/mol. The smallest absolute Gasteiger partial charge is 0.271 e. The van der Waals surface area contributed by atoms with Crippen molar-refractivity contribution in [3.63, 3.8) is 0 Å². The third-order valence-corrected chi connectivity index (χ3v) is 5.34. The number of rotatable bonds is 3. The van der Waals surface area contributed by atoms with Gasteiger partial charge in [0.2, 0.25) is 0 Å². The Hall–Kier alpha value is -0.920. The lowest BCUT2D eigenvalue weighted by atomic mass is 10.3. The summed E-state index contributed by atoms with van der Waals surface area (Å²) >= 11 is 1.26. The Labute approximate surface area is 105 Å². The van der Waals surface area contributed by atoms with E-state index in [9.17, 15) is 8.42 Å². The molecule has 1 aromatic rings. The van der Waals surface area contributed by atoms with E-state index in [0.717, 1.165) is 11.3 Å². The van der Waals surface area contributed by atoms with Gasteiger partial charge in [0.25, 0.3) is 10.0 Å². The van der Waals surface area contributed by atoms with E-state index in [1.807, 2.05) is 19.9 Å². The van der Waals surface area contributed by atoms with Crippen LogP contribution < -0.4 is 5.48 Å². The number of nitrogens with one attached hydrogen (secondary N) is 1. The minimum Gasteiger partial charge on any atom is -0.271 e. The Kier molecular flexibility index (Phi) is 3.50. The number of amidine groups is 1. The number of aryl methyl sites for hydroxylation is 1. The SMILES string of the molecule is CCc1ccc(S(=O)(=O)N=C2C[C@@H](C)ON2)s1. The molecule has 1 aliphatic heterocycles. The van der Waals surface area contributed by atoms with Crippen LogP contribution in [0.3, 0.4) is 0 Å². The zero-order chi connectivity index (χ0) is 12.5. The van der Waals surface area contributed by atoms with Gasteiger partial charge in [-0.2, -0.15) is 8.42 Å². The number of hydroxylamine groups is 1. The molecule has 1 atom stereocenters. The summed E-state index contributed by atoms with van der Waals surface area (Å²) in [7, 11) is -3.59. The van der Waals surface area contributed by atoms with E-state index in [4.69, 9.17) is 4.84 Å². The molecule has 1 saturated heterocycles. The van der Waals surface area contributed by atoms with Crippen molar-refractivity contribution in [2.24, 2.45) is 4.40 Å². The van der Waals surface area contributed by atoms with Gasteiger partial charge in [-0.15, -0.1) is 15.7 Å². The fourth-order valence-corrected chi connectivity index (χ4v) is 3.72. The van der Waals surface area contributed by atoms with Crippen molar-refractivity contribution < 1.29 is 13.3 Å². The third kappa shape index (κ3) is 2.85. The van der Waals surface area contributed by atoms with Gasteiger partial charge in [-0.05, 0) is 25.5 Å². The van der Waals surface area contributed by atoms with Crippen LogP contribution in [0, 0.1) is 0 Å². The van der Waals surface area contributed by atoms with Gasteiger partial charge in [-0.25, -0.2) is 0 Å². The maximum atomic E-state index is 12.0. The second kappa shape index (κ2) is 4.75. The van der Waals surface area contributed by atoms with E-state index in [0.29, 0.717) is 12.3 Å². The third-order valence-electron chi connectivity index (χ3n) is 2.33. The van der Waals surface area contributed by atoms with Gasteiger partial charge < -0.3 is 0 Å². The summed E-state index contributed by atoms with van der Waals surface area (Å²) in [5, 5.41) is 0. The van der Waals surface area contributed by atoms with Crippen LogP contribution in [0.2, 0.25) is 0 Å². The molecule has 1 N–H and O–H groups in total. The summed E-state index contributed by atoms with van der Waals surface area (Å²) in [6, 6.07) is 3.42. The molecule has 0 spiro atoms. The average Bonchev–Trinajstić information content (AvgIpc) is 2.86. The van der Waals surface area contributed by atoms with Crippen molar-refractivity contribution in [3.05, 3.63) is 17.0 Å². The van der Waals surface area contributed by atoms with E-state index >= 15 is 0 Å². The van der Waals surface area contributed by atoms with Crippen LogP contribution in [0.4, 0.5) is 0 Å². The predicted octanol–water partition coefficient (Wildman–Crippen LogP) is 1.71. The van der Waals surface area contributed by atoms with Gasteiger partial charge in [-0.1, -0.05) is 6.92 Å². The molecule has 7 heteroatoms. The first-order valence-electron chi connectivity index (χ1n) is 5.35. The van der Waals surface area contributed by atoms with Gasteiger partial charge >= 0.3 is 0 Å². The maximum absolute atomic E-state index is 12.0. The molecular formula is C10H14N2O3S2. The highest BCUT2D eigenvalue weighted by Crippen LogP contribution is 2.24. The summed E-state index contributed by atoms with van der Waals surface area (Å²) in [4.78, 5) is 6.07. The van der Waals surface area contributed by atoms with E-state index in [-0.39, 0.29) is 10.3 Å². The molecule has 5 nitrogen and oxygen atoms in total. The highest BCUT2D eigenvalue weighted by Gasteiger charge is 2.22. The van der Waals surface area contributed by atoms with Crippen LogP contribution in [0.15, 0.2) is 20.7 Å². The lowest BCUT2D eigenvalue weighted by Crippen LogP contribution is -2.14. The summed E-state index contributed by atoms with van der Waals surface area (Å²) < 4.78 is 27.9. The van der Waals surface area contributed by atoms with Gasteiger partial charge in [-0.3, -0.25) is 10.3 Å². The van der Waals surface area contributed by atoms with Crippen molar-refractivity contribution in [1.82, 2.24) is 5.48 Å². The van der Waals surface area contributed by atoms with Crippen molar-refractivity contribution in [2.75, 3.05) is 0 Å². The van der Waals surface area contributed by atoms with Crippen LogP contribution in [0.25, 0.3) is 0 Å². The minimum atomic E-state index is -3.59. The van der Waals surface area contributed by atoms with Gasteiger partial charge in [0, 0.05) is 11.3 Å². The topological polar surface area (TPSA) is 67.8 Å². The Morgan fingerprint density at radius 2 is 2.35 bits per heavy atom. The molecule has 2 heterocycles. The summed E-state index contributed by atoms with van der Waals surface area (Å²) in [5.41, 5.74) is 2.53. The molecule has 0 unspecified atom stereocenters. The van der Waals surface area contributed by atoms with Crippen LogP contribution in [-0.2, 0) is 21.3 Å². The molecule has 2 rings (SSSR count). The quantitative estimate of drug-likeness (QED) is 0.911. The molecule has 94 valence electrons. The van der Waals surface area contributed by atoms with Crippen LogP contribution in [0.5, 0.6) is 0 Å². The Morgan fingerprint density at radius 1 is 1.59 bits per heavy atom. The molecule has 1 fully saturated rings. The van der Waals surface area contributed by atoms with Crippen molar-refractivity contribution in [3.8, 4) is 0 Å². The summed E-state index contributed by atoms with van der Waals surface area (Å²) in [5.74, 6) is 0.365.